The second-order valence-corrected chi connectivity index (χ2v) is 7.20. The lowest BCUT2D eigenvalue weighted by molar-refractivity contribution is 0.0977. The predicted octanol–water partition coefficient (Wildman–Crippen LogP) is 5.24. The molecule has 0 bridgehead atoms. The summed E-state index contributed by atoms with van der Waals surface area (Å²) in [5.41, 5.74) is 5.69. The van der Waals surface area contributed by atoms with Crippen molar-refractivity contribution in [2.45, 2.75) is 13.8 Å². The van der Waals surface area contributed by atoms with Gasteiger partial charge in [-0.25, -0.2) is 4.98 Å². The number of oxazole rings is 1. The summed E-state index contributed by atoms with van der Waals surface area (Å²) in [4.78, 5) is 17.0. The highest BCUT2D eigenvalue weighted by Crippen LogP contribution is 2.26. The van der Waals surface area contributed by atoms with Gasteiger partial charge in [0.25, 0.3) is 5.91 Å². The molecule has 29 heavy (non-hydrogen) atoms. The summed E-state index contributed by atoms with van der Waals surface area (Å²) in [5, 5.41) is 6.00. The van der Waals surface area contributed by atoms with Gasteiger partial charge in [-0.1, -0.05) is 35.9 Å². The van der Waals surface area contributed by atoms with Crippen molar-refractivity contribution in [3.8, 4) is 11.5 Å². The van der Waals surface area contributed by atoms with Crippen LogP contribution in [0.15, 0.2) is 71.1 Å². The van der Waals surface area contributed by atoms with Gasteiger partial charge >= 0.3 is 0 Å². The Morgan fingerprint density at radius 3 is 2.62 bits per heavy atom. The Morgan fingerprint density at radius 1 is 1.00 bits per heavy atom. The Morgan fingerprint density at radius 2 is 1.83 bits per heavy atom. The first-order valence-corrected chi connectivity index (χ1v) is 9.56. The summed E-state index contributed by atoms with van der Waals surface area (Å²) in [7, 11) is 0. The number of fused-ring (bicyclic) bond motifs is 1. The van der Waals surface area contributed by atoms with Crippen LogP contribution in [-0.2, 0) is 0 Å². The van der Waals surface area contributed by atoms with E-state index >= 15 is 0 Å². The number of amides is 1. The van der Waals surface area contributed by atoms with Gasteiger partial charge in [0.1, 0.15) is 5.52 Å². The van der Waals surface area contributed by atoms with Crippen LogP contribution in [0, 0.1) is 13.8 Å². The van der Waals surface area contributed by atoms with E-state index in [9.17, 15) is 4.79 Å². The standard InChI is InChI=1S/C23H19N3O2S/c1-14-10-11-18(15(2)12-14)21(27)26-23(29)24-17-7-5-6-16(13-17)22-25-19-8-3-4-9-20(19)28-22/h3-13H,1-2H3,(H2,24,26,27,29). The molecule has 4 aromatic rings. The first kappa shape index (κ1) is 18.8. The molecule has 0 radical (unpaired) electrons. The molecule has 144 valence electrons. The molecular weight excluding hydrogens is 382 g/mol. The number of hydrogen-bond donors (Lipinski definition) is 2. The van der Waals surface area contributed by atoms with Crippen molar-refractivity contribution >= 4 is 40.0 Å². The molecular formula is C23H19N3O2S. The van der Waals surface area contributed by atoms with Crippen molar-refractivity contribution in [3.63, 3.8) is 0 Å². The fraction of sp³-hybridized carbons (Fsp3) is 0.0870. The van der Waals surface area contributed by atoms with Gasteiger partial charge in [-0.15, -0.1) is 0 Å². The lowest BCUT2D eigenvalue weighted by atomic mass is 10.1. The third kappa shape index (κ3) is 4.17. The number of carbonyl (C=O) groups is 1. The van der Waals surface area contributed by atoms with Crippen LogP contribution in [-0.4, -0.2) is 16.0 Å². The Labute approximate surface area is 173 Å². The maximum absolute atomic E-state index is 12.5. The molecule has 1 heterocycles. The number of rotatable bonds is 3. The fourth-order valence-electron chi connectivity index (χ4n) is 3.13. The van der Waals surface area contributed by atoms with E-state index in [-0.39, 0.29) is 11.0 Å². The molecule has 5 nitrogen and oxygen atoms in total. The van der Waals surface area contributed by atoms with Gasteiger partial charge in [-0.3, -0.25) is 10.1 Å². The second kappa shape index (κ2) is 7.85. The first-order valence-electron chi connectivity index (χ1n) is 9.15. The Balaban J connectivity index is 1.48. The number of nitrogens with one attached hydrogen (secondary N) is 2. The predicted molar refractivity (Wildman–Crippen MR) is 119 cm³/mol. The van der Waals surface area contributed by atoms with Crippen molar-refractivity contribution in [2.75, 3.05) is 5.32 Å². The van der Waals surface area contributed by atoms with E-state index in [1.807, 2.05) is 74.5 Å². The maximum Gasteiger partial charge on any atom is 0.257 e. The van der Waals surface area contributed by atoms with E-state index in [1.54, 1.807) is 6.07 Å². The van der Waals surface area contributed by atoms with Crippen molar-refractivity contribution in [1.82, 2.24) is 10.3 Å². The van der Waals surface area contributed by atoms with Gasteiger partial charge in [0, 0.05) is 16.8 Å². The van der Waals surface area contributed by atoms with Crippen molar-refractivity contribution in [2.24, 2.45) is 0 Å². The van der Waals surface area contributed by atoms with E-state index in [2.05, 4.69) is 15.6 Å². The summed E-state index contributed by atoms with van der Waals surface area (Å²) in [5.74, 6) is 0.287. The molecule has 2 N–H and O–H groups in total. The number of para-hydroxylation sites is 2. The average Bonchev–Trinajstić information content (AvgIpc) is 3.12. The van der Waals surface area contributed by atoms with E-state index < -0.39 is 0 Å². The number of aryl methyl sites for hydroxylation is 2. The number of anilines is 1. The zero-order valence-corrected chi connectivity index (χ0v) is 16.8. The summed E-state index contributed by atoms with van der Waals surface area (Å²) in [6, 6.07) is 20.8. The van der Waals surface area contributed by atoms with Crippen LogP contribution >= 0.6 is 12.2 Å². The molecule has 0 saturated heterocycles. The normalized spacial score (nSPS) is 10.7. The number of aromatic nitrogens is 1. The molecule has 6 heteroatoms. The minimum Gasteiger partial charge on any atom is -0.436 e. The van der Waals surface area contributed by atoms with E-state index in [0.29, 0.717) is 11.5 Å². The van der Waals surface area contributed by atoms with Gasteiger partial charge in [-0.05, 0) is 68.0 Å². The van der Waals surface area contributed by atoms with Crippen LogP contribution in [0.3, 0.4) is 0 Å². The highest BCUT2D eigenvalue weighted by Gasteiger charge is 2.12. The second-order valence-electron chi connectivity index (χ2n) is 6.79. The molecule has 1 amide bonds. The molecule has 0 aliphatic carbocycles. The monoisotopic (exact) mass is 401 g/mol. The Hall–Kier alpha value is -3.51. The van der Waals surface area contributed by atoms with E-state index in [0.717, 1.165) is 33.5 Å². The molecule has 0 spiro atoms. The fourth-order valence-corrected chi connectivity index (χ4v) is 3.34. The number of hydrogen-bond acceptors (Lipinski definition) is 4. The summed E-state index contributed by atoms with van der Waals surface area (Å²) in [6.45, 7) is 3.90. The number of thiocarbonyl (C=S) groups is 1. The minimum atomic E-state index is -0.241. The van der Waals surface area contributed by atoms with Gasteiger partial charge in [0.05, 0.1) is 0 Å². The van der Waals surface area contributed by atoms with E-state index in [1.165, 1.54) is 0 Å². The third-order valence-electron chi connectivity index (χ3n) is 4.51. The van der Waals surface area contributed by atoms with Crippen LogP contribution in [0.5, 0.6) is 0 Å². The van der Waals surface area contributed by atoms with Crippen LogP contribution in [0.4, 0.5) is 5.69 Å². The Kier molecular flexibility index (Phi) is 5.10. The summed E-state index contributed by atoms with van der Waals surface area (Å²) >= 11 is 5.31. The molecule has 4 rings (SSSR count). The van der Waals surface area contributed by atoms with Crippen molar-refractivity contribution < 1.29 is 9.21 Å². The molecule has 0 aliphatic rings. The van der Waals surface area contributed by atoms with Crippen LogP contribution in [0.1, 0.15) is 21.5 Å². The van der Waals surface area contributed by atoms with Gasteiger partial charge in [-0.2, -0.15) is 0 Å². The number of carbonyl (C=O) groups excluding carboxylic acids is 1. The SMILES string of the molecule is Cc1ccc(C(=O)NC(=S)Nc2cccc(-c3nc4ccccc4o3)c2)c(C)c1. The molecule has 3 aromatic carbocycles. The van der Waals surface area contributed by atoms with Crippen molar-refractivity contribution in [3.05, 3.63) is 83.4 Å². The number of nitrogens with zero attached hydrogens (tertiary/aromatic N) is 1. The van der Waals surface area contributed by atoms with Gasteiger partial charge in [0.15, 0.2) is 10.7 Å². The first-order chi connectivity index (χ1) is 14.0. The van der Waals surface area contributed by atoms with Crippen LogP contribution in [0.2, 0.25) is 0 Å². The summed E-state index contributed by atoms with van der Waals surface area (Å²) < 4.78 is 5.82. The molecule has 1 aromatic heterocycles. The Bertz CT molecular complexity index is 1200. The average molecular weight is 401 g/mol. The molecule has 0 unspecified atom stereocenters. The molecule has 0 aliphatic heterocycles. The zero-order chi connectivity index (χ0) is 20.4. The number of benzene rings is 3. The highest BCUT2D eigenvalue weighted by atomic mass is 32.1. The van der Waals surface area contributed by atoms with Crippen LogP contribution < -0.4 is 10.6 Å². The molecule has 0 atom stereocenters. The summed E-state index contributed by atoms with van der Waals surface area (Å²) in [6.07, 6.45) is 0. The quantitative estimate of drug-likeness (QED) is 0.460. The topological polar surface area (TPSA) is 67.2 Å². The smallest absolute Gasteiger partial charge is 0.257 e. The lowest BCUT2D eigenvalue weighted by Gasteiger charge is -2.11. The molecule has 0 fully saturated rings. The van der Waals surface area contributed by atoms with Gasteiger partial charge in [0.2, 0.25) is 5.89 Å². The largest absolute Gasteiger partial charge is 0.436 e. The van der Waals surface area contributed by atoms with Crippen LogP contribution in [0.25, 0.3) is 22.6 Å². The minimum absolute atomic E-state index is 0.227. The van der Waals surface area contributed by atoms with Gasteiger partial charge < -0.3 is 9.73 Å². The van der Waals surface area contributed by atoms with Crippen molar-refractivity contribution in [1.29, 1.82) is 0 Å². The maximum atomic E-state index is 12.5. The lowest BCUT2D eigenvalue weighted by Crippen LogP contribution is -2.34. The zero-order valence-electron chi connectivity index (χ0n) is 16.0. The molecule has 0 saturated carbocycles. The third-order valence-corrected chi connectivity index (χ3v) is 4.72. The van der Waals surface area contributed by atoms with E-state index in [4.69, 9.17) is 16.6 Å². The highest BCUT2D eigenvalue weighted by molar-refractivity contribution is 7.80.